The fourth-order valence-corrected chi connectivity index (χ4v) is 4.76. The average molecular weight is 362 g/mol. The summed E-state index contributed by atoms with van der Waals surface area (Å²) >= 11 is 5.59. The van der Waals surface area contributed by atoms with E-state index in [1.807, 2.05) is 32.2 Å². The summed E-state index contributed by atoms with van der Waals surface area (Å²) in [5.41, 5.74) is 1.17. The number of hydrogen-bond donors (Lipinski definition) is 0. The van der Waals surface area contributed by atoms with Gasteiger partial charge in [0, 0.05) is 18.5 Å². The third-order valence-corrected chi connectivity index (χ3v) is 6.23. The molecule has 0 aromatic heterocycles. The molecule has 1 aromatic carbocycles. The number of benzene rings is 1. The highest BCUT2D eigenvalue weighted by Gasteiger charge is 2.53. The van der Waals surface area contributed by atoms with E-state index >= 15 is 0 Å². The molecule has 1 saturated carbocycles. The Morgan fingerprint density at radius 2 is 2.12 bits per heavy atom. The van der Waals surface area contributed by atoms with E-state index in [0.717, 1.165) is 30.7 Å². The molecule has 1 aliphatic heterocycles. The number of carbonyl (C=O) groups is 1. The molecule has 1 unspecified atom stereocenters. The molecule has 5 heteroatoms. The first-order valence-corrected chi connectivity index (χ1v) is 9.53. The normalized spacial score (nSPS) is 28.7. The molecule has 1 heterocycles. The molecule has 0 amide bonds. The lowest BCUT2D eigenvalue weighted by atomic mass is 9.71. The molecule has 2 aliphatic rings. The molecular weight excluding hydrogens is 334 g/mol. The quantitative estimate of drug-likeness (QED) is 0.572. The van der Waals surface area contributed by atoms with Crippen LogP contribution in [0.2, 0.25) is 0 Å². The van der Waals surface area contributed by atoms with Crippen LogP contribution in [0.5, 0.6) is 0 Å². The van der Waals surface area contributed by atoms with E-state index in [0.29, 0.717) is 25.9 Å². The molecule has 0 radical (unpaired) electrons. The Kier molecular flexibility index (Phi) is 5.74. The molecule has 3 atom stereocenters. The number of ether oxygens (including phenoxy) is 2. The van der Waals surface area contributed by atoms with Crippen molar-refractivity contribution in [3.05, 3.63) is 35.9 Å². The molecule has 0 spiro atoms. The van der Waals surface area contributed by atoms with E-state index in [9.17, 15) is 4.79 Å². The molecule has 3 rings (SSSR count). The highest BCUT2D eigenvalue weighted by molar-refractivity contribution is 7.80. The van der Waals surface area contributed by atoms with Gasteiger partial charge in [0.1, 0.15) is 5.92 Å². The maximum Gasteiger partial charge on any atom is 0.315 e. The van der Waals surface area contributed by atoms with E-state index in [-0.39, 0.29) is 17.3 Å². The number of rotatable bonds is 6. The minimum Gasteiger partial charge on any atom is -0.465 e. The van der Waals surface area contributed by atoms with Crippen LogP contribution in [0.1, 0.15) is 38.2 Å². The van der Waals surface area contributed by atoms with Crippen molar-refractivity contribution in [1.82, 2.24) is 4.90 Å². The Bertz CT molecular complexity index is 621. The highest BCUT2D eigenvalue weighted by atomic mass is 32.1. The first kappa shape index (κ1) is 18.3. The third-order valence-electron chi connectivity index (χ3n) is 5.66. The summed E-state index contributed by atoms with van der Waals surface area (Å²) in [5.74, 6) is -0.512. The second-order valence-corrected chi connectivity index (χ2v) is 7.62. The Morgan fingerprint density at radius 1 is 1.36 bits per heavy atom. The molecular formula is C20H27NO3S. The summed E-state index contributed by atoms with van der Waals surface area (Å²) in [4.78, 5) is 15.3. The summed E-state index contributed by atoms with van der Waals surface area (Å²) in [6.45, 7) is 3.50. The smallest absolute Gasteiger partial charge is 0.315 e. The second-order valence-electron chi connectivity index (χ2n) is 7.21. The summed E-state index contributed by atoms with van der Waals surface area (Å²) in [6, 6.07) is 10.6. The third kappa shape index (κ3) is 3.72. The largest absolute Gasteiger partial charge is 0.465 e. The van der Waals surface area contributed by atoms with Crippen LogP contribution in [0, 0.1) is 11.3 Å². The highest BCUT2D eigenvalue weighted by Crippen LogP contribution is 2.50. The van der Waals surface area contributed by atoms with Gasteiger partial charge in [-0.2, -0.15) is 0 Å². The Hall–Kier alpha value is -1.46. The zero-order chi connectivity index (χ0) is 17.9. The number of fused-ring (bicyclic) bond motifs is 1. The lowest BCUT2D eigenvalue weighted by Crippen LogP contribution is -2.56. The average Bonchev–Trinajstić information content (AvgIpc) is 3.03. The fourth-order valence-electron chi connectivity index (χ4n) is 4.46. The van der Waals surface area contributed by atoms with Crippen LogP contribution in [-0.4, -0.2) is 42.2 Å². The predicted octanol–water partition coefficient (Wildman–Crippen LogP) is 3.58. The Balaban J connectivity index is 1.72. The van der Waals surface area contributed by atoms with Crippen molar-refractivity contribution >= 4 is 23.2 Å². The lowest BCUT2D eigenvalue weighted by molar-refractivity contribution is -0.148. The van der Waals surface area contributed by atoms with Gasteiger partial charge in [-0.15, -0.1) is 0 Å². The van der Waals surface area contributed by atoms with Crippen molar-refractivity contribution < 1.29 is 14.3 Å². The van der Waals surface area contributed by atoms with Gasteiger partial charge < -0.3 is 14.4 Å². The Morgan fingerprint density at radius 3 is 2.84 bits per heavy atom. The maximum atomic E-state index is 12.4. The second kappa shape index (κ2) is 7.83. The van der Waals surface area contributed by atoms with Crippen molar-refractivity contribution in [3.8, 4) is 0 Å². The van der Waals surface area contributed by atoms with Crippen molar-refractivity contribution in [2.75, 3.05) is 20.3 Å². The van der Waals surface area contributed by atoms with Gasteiger partial charge in [-0.1, -0.05) is 49.0 Å². The van der Waals surface area contributed by atoms with Crippen LogP contribution >= 0.6 is 12.2 Å². The van der Waals surface area contributed by atoms with Gasteiger partial charge in [-0.05, 0) is 31.7 Å². The molecule has 1 saturated heterocycles. The number of carbonyl (C=O) groups excluding carboxylic acids is 1. The van der Waals surface area contributed by atoms with Crippen LogP contribution in [0.3, 0.4) is 0 Å². The van der Waals surface area contributed by atoms with Crippen LogP contribution < -0.4 is 0 Å². The van der Waals surface area contributed by atoms with Gasteiger partial charge in [0.15, 0.2) is 0 Å². The minimum absolute atomic E-state index is 0.0106. The molecule has 0 bridgehead atoms. The summed E-state index contributed by atoms with van der Waals surface area (Å²) in [5, 5.41) is 0. The van der Waals surface area contributed by atoms with E-state index in [4.69, 9.17) is 21.7 Å². The van der Waals surface area contributed by atoms with Gasteiger partial charge in [0.05, 0.1) is 24.8 Å². The number of thiocarbonyl (C=S) groups is 1. The van der Waals surface area contributed by atoms with Crippen molar-refractivity contribution in [2.24, 2.45) is 11.3 Å². The number of likely N-dealkylation sites (tertiary alicyclic amines) is 1. The van der Waals surface area contributed by atoms with Crippen LogP contribution in [0.25, 0.3) is 0 Å². The molecule has 1 aromatic rings. The number of hydrogen-bond acceptors (Lipinski definition) is 4. The van der Waals surface area contributed by atoms with Gasteiger partial charge in [-0.25, -0.2) is 0 Å². The standard InChI is InChI=1S/C20H27NO3S/c1-3-24-19(22)16-12-20(11-7-10-17(20)21(2)18(16)25)14-23-13-15-8-5-4-6-9-15/h4-6,8-9,16-17H,3,7,10-14H2,1-2H3/t16?,17-,20-/m1/s1. The monoisotopic (exact) mass is 361 g/mol. The van der Waals surface area contributed by atoms with Gasteiger partial charge in [0.25, 0.3) is 0 Å². The molecule has 2 fully saturated rings. The van der Waals surface area contributed by atoms with Crippen molar-refractivity contribution in [3.63, 3.8) is 0 Å². The lowest BCUT2D eigenvalue weighted by Gasteiger charge is -2.48. The molecule has 4 nitrogen and oxygen atoms in total. The van der Waals surface area contributed by atoms with Crippen molar-refractivity contribution in [1.29, 1.82) is 0 Å². The van der Waals surface area contributed by atoms with Crippen LogP contribution in [0.4, 0.5) is 0 Å². The van der Waals surface area contributed by atoms with E-state index in [1.165, 1.54) is 5.56 Å². The first-order valence-electron chi connectivity index (χ1n) is 9.12. The van der Waals surface area contributed by atoms with E-state index < -0.39 is 0 Å². The number of piperidine rings is 1. The zero-order valence-corrected chi connectivity index (χ0v) is 15.9. The van der Waals surface area contributed by atoms with Crippen molar-refractivity contribution in [2.45, 2.75) is 45.3 Å². The summed E-state index contributed by atoms with van der Waals surface area (Å²) in [7, 11) is 2.02. The molecule has 25 heavy (non-hydrogen) atoms. The fraction of sp³-hybridized carbons (Fsp3) is 0.600. The first-order chi connectivity index (χ1) is 12.1. The predicted molar refractivity (Wildman–Crippen MR) is 101 cm³/mol. The Labute approximate surface area is 155 Å². The topological polar surface area (TPSA) is 38.8 Å². The maximum absolute atomic E-state index is 12.4. The van der Waals surface area contributed by atoms with Gasteiger partial charge in [-0.3, -0.25) is 4.79 Å². The van der Waals surface area contributed by atoms with Gasteiger partial charge in [0.2, 0.25) is 0 Å². The minimum atomic E-state index is -0.324. The van der Waals surface area contributed by atoms with E-state index in [2.05, 4.69) is 17.0 Å². The van der Waals surface area contributed by atoms with Crippen LogP contribution in [-0.2, 0) is 20.9 Å². The molecule has 0 N–H and O–H groups in total. The summed E-state index contributed by atoms with van der Waals surface area (Å²) in [6.07, 6.45) is 4.09. The SMILES string of the molecule is CCOC(=O)C1C[C@@]2(COCc3ccccc3)CCC[C@H]2N(C)C1=S. The molecule has 136 valence electrons. The number of nitrogens with zero attached hydrogens (tertiary/aromatic N) is 1. The van der Waals surface area contributed by atoms with Crippen LogP contribution in [0.15, 0.2) is 30.3 Å². The van der Waals surface area contributed by atoms with E-state index in [1.54, 1.807) is 0 Å². The summed E-state index contributed by atoms with van der Waals surface area (Å²) < 4.78 is 11.4. The number of esters is 1. The molecule has 1 aliphatic carbocycles. The van der Waals surface area contributed by atoms with Gasteiger partial charge >= 0.3 is 5.97 Å². The zero-order valence-electron chi connectivity index (χ0n) is 15.1.